The number of nitrogens with one attached hydrogen (secondary N) is 2. The molecule has 0 unspecified atom stereocenters. The maximum Gasteiger partial charge on any atom is 0.251 e. The zero-order valence-electron chi connectivity index (χ0n) is 15.7. The first-order chi connectivity index (χ1) is 13.0. The minimum absolute atomic E-state index is 0.00617. The number of aromatic amines is 1. The Balaban J connectivity index is 1.87. The van der Waals surface area contributed by atoms with E-state index in [-0.39, 0.29) is 23.0 Å². The molecule has 1 heterocycles. The average Bonchev–Trinajstić information content (AvgIpc) is 2.63. The molecule has 2 aromatic rings. The van der Waals surface area contributed by atoms with Gasteiger partial charge in [-0.05, 0) is 24.8 Å². The molecular weight excluding hydrogens is 362 g/mol. The second-order valence-corrected chi connectivity index (χ2v) is 7.25. The van der Waals surface area contributed by atoms with Crippen LogP contribution < -0.4 is 10.9 Å². The Morgan fingerprint density at radius 2 is 1.93 bits per heavy atom. The van der Waals surface area contributed by atoms with Crippen LogP contribution in [0.4, 0.5) is 0 Å². The summed E-state index contributed by atoms with van der Waals surface area (Å²) in [5.41, 5.74) is 2.33. The summed E-state index contributed by atoms with van der Waals surface area (Å²) in [6.45, 7) is 4.18. The third-order valence-electron chi connectivity index (χ3n) is 3.91. The molecule has 0 fully saturated rings. The standard InChI is InChI=1S/C20H25N3O3S/c1-3-5-17-12-19(26)23-20(22-17)27-13-18(25)16-9-7-15(8-10-16)6-4-11-21-14(2)24/h7-10,12H,3-6,11,13H2,1-2H3,(H,21,24)(H,22,23,26). The fraction of sp³-hybridized carbons (Fsp3) is 0.400. The smallest absolute Gasteiger partial charge is 0.251 e. The van der Waals surface area contributed by atoms with E-state index in [1.807, 2.05) is 31.2 Å². The van der Waals surface area contributed by atoms with Crippen molar-refractivity contribution in [2.24, 2.45) is 0 Å². The Morgan fingerprint density at radius 1 is 1.19 bits per heavy atom. The van der Waals surface area contributed by atoms with E-state index >= 15 is 0 Å². The van der Waals surface area contributed by atoms with Crippen LogP contribution in [0.3, 0.4) is 0 Å². The quantitative estimate of drug-likeness (QED) is 0.283. The minimum atomic E-state index is -0.188. The zero-order chi connectivity index (χ0) is 19.6. The first-order valence-corrected chi connectivity index (χ1v) is 10.1. The lowest BCUT2D eigenvalue weighted by Crippen LogP contribution is -2.21. The van der Waals surface area contributed by atoms with Gasteiger partial charge < -0.3 is 10.3 Å². The van der Waals surface area contributed by atoms with Gasteiger partial charge in [-0.3, -0.25) is 14.4 Å². The number of rotatable bonds is 10. The summed E-state index contributed by atoms with van der Waals surface area (Å²) in [5.74, 6) is 0.193. The first-order valence-electron chi connectivity index (χ1n) is 9.07. The molecule has 27 heavy (non-hydrogen) atoms. The van der Waals surface area contributed by atoms with Crippen LogP contribution in [-0.4, -0.2) is 34.0 Å². The molecule has 0 aliphatic heterocycles. The van der Waals surface area contributed by atoms with E-state index in [4.69, 9.17) is 0 Å². The number of carbonyl (C=O) groups is 2. The van der Waals surface area contributed by atoms with Crippen molar-refractivity contribution < 1.29 is 9.59 Å². The van der Waals surface area contributed by atoms with Crippen molar-refractivity contribution in [2.45, 2.75) is 44.7 Å². The monoisotopic (exact) mass is 387 g/mol. The topological polar surface area (TPSA) is 91.9 Å². The molecule has 0 saturated carbocycles. The van der Waals surface area contributed by atoms with Crippen molar-refractivity contribution in [3.05, 3.63) is 57.5 Å². The highest BCUT2D eigenvalue weighted by Gasteiger charge is 2.09. The van der Waals surface area contributed by atoms with Gasteiger partial charge in [0.2, 0.25) is 5.91 Å². The van der Waals surface area contributed by atoms with Crippen LogP contribution in [0.1, 0.15) is 48.3 Å². The van der Waals surface area contributed by atoms with E-state index in [1.165, 1.54) is 24.8 Å². The molecule has 144 valence electrons. The van der Waals surface area contributed by atoms with Crippen molar-refractivity contribution in [3.8, 4) is 0 Å². The molecule has 0 aliphatic rings. The molecule has 0 aliphatic carbocycles. The Kier molecular flexibility index (Phi) is 8.26. The molecule has 0 spiro atoms. The molecule has 2 N–H and O–H groups in total. The lowest BCUT2D eigenvalue weighted by atomic mass is 10.1. The number of aromatic nitrogens is 2. The first kappa shape index (κ1) is 20.9. The number of aryl methyl sites for hydroxylation is 2. The Labute approximate surface area is 163 Å². The maximum atomic E-state index is 12.4. The van der Waals surface area contributed by atoms with Gasteiger partial charge in [-0.25, -0.2) is 4.98 Å². The van der Waals surface area contributed by atoms with Gasteiger partial charge in [-0.2, -0.15) is 0 Å². The van der Waals surface area contributed by atoms with Gasteiger partial charge in [0.25, 0.3) is 5.56 Å². The highest BCUT2D eigenvalue weighted by Crippen LogP contribution is 2.15. The summed E-state index contributed by atoms with van der Waals surface area (Å²) < 4.78 is 0. The number of ketones is 1. The second-order valence-electron chi connectivity index (χ2n) is 6.29. The number of amides is 1. The molecule has 0 saturated heterocycles. The molecule has 2 rings (SSSR count). The van der Waals surface area contributed by atoms with Gasteiger partial charge >= 0.3 is 0 Å². The van der Waals surface area contributed by atoms with Crippen LogP contribution in [-0.2, 0) is 17.6 Å². The molecule has 6 nitrogen and oxygen atoms in total. The van der Waals surface area contributed by atoms with E-state index in [1.54, 1.807) is 0 Å². The number of carbonyl (C=O) groups excluding carboxylic acids is 2. The van der Waals surface area contributed by atoms with Crippen LogP contribution in [0.15, 0.2) is 40.3 Å². The van der Waals surface area contributed by atoms with E-state index < -0.39 is 0 Å². The zero-order valence-corrected chi connectivity index (χ0v) is 16.5. The van der Waals surface area contributed by atoms with E-state index in [9.17, 15) is 14.4 Å². The number of nitrogens with zero attached hydrogens (tertiary/aromatic N) is 1. The number of hydrogen-bond donors (Lipinski definition) is 2. The van der Waals surface area contributed by atoms with Crippen molar-refractivity contribution in [1.82, 2.24) is 15.3 Å². The van der Waals surface area contributed by atoms with Crippen molar-refractivity contribution in [1.29, 1.82) is 0 Å². The van der Waals surface area contributed by atoms with E-state index in [2.05, 4.69) is 15.3 Å². The van der Waals surface area contributed by atoms with Crippen molar-refractivity contribution in [2.75, 3.05) is 12.3 Å². The van der Waals surface area contributed by atoms with Gasteiger partial charge in [0, 0.05) is 30.8 Å². The van der Waals surface area contributed by atoms with E-state index in [0.29, 0.717) is 17.3 Å². The van der Waals surface area contributed by atoms with Crippen LogP contribution in [0.5, 0.6) is 0 Å². The van der Waals surface area contributed by atoms with Gasteiger partial charge in [0.15, 0.2) is 10.9 Å². The van der Waals surface area contributed by atoms with Crippen LogP contribution in [0, 0.1) is 0 Å². The molecule has 1 amide bonds. The predicted molar refractivity (Wildman–Crippen MR) is 107 cm³/mol. The lowest BCUT2D eigenvalue weighted by molar-refractivity contribution is -0.118. The van der Waals surface area contributed by atoms with Crippen molar-refractivity contribution in [3.63, 3.8) is 0 Å². The SMILES string of the molecule is CCCc1cc(=O)[nH]c(SCC(=O)c2ccc(CCCNC(C)=O)cc2)n1. The number of H-pyrrole nitrogens is 1. The lowest BCUT2D eigenvalue weighted by Gasteiger charge is -2.05. The fourth-order valence-electron chi connectivity index (χ4n) is 2.57. The number of Topliss-reactive ketones (excluding diaryl/α,β-unsaturated/α-hetero) is 1. The number of benzene rings is 1. The average molecular weight is 388 g/mol. The molecular formula is C20H25N3O3S. The molecule has 0 bridgehead atoms. The summed E-state index contributed by atoms with van der Waals surface area (Å²) in [5, 5.41) is 3.25. The third-order valence-corrected chi connectivity index (χ3v) is 4.78. The minimum Gasteiger partial charge on any atom is -0.356 e. The van der Waals surface area contributed by atoms with Gasteiger partial charge in [0.1, 0.15) is 0 Å². The number of thioether (sulfide) groups is 1. The van der Waals surface area contributed by atoms with Crippen LogP contribution >= 0.6 is 11.8 Å². The molecule has 7 heteroatoms. The van der Waals surface area contributed by atoms with Crippen molar-refractivity contribution >= 4 is 23.5 Å². The Hall–Kier alpha value is -2.41. The molecule has 1 aromatic carbocycles. The fourth-order valence-corrected chi connectivity index (χ4v) is 3.36. The molecule has 0 atom stereocenters. The highest BCUT2D eigenvalue weighted by atomic mass is 32.2. The summed E-state index contributed by atoms with van der Waals surface area (Å²) in [4.78, 5) is 41.9. The normalized spacial score (nSPS) is 10.6. The number of hydrogen-bond acceptors (Lipinski definition) is 5. The Bertz CT molecular complexity index is 831. The summed E-state index contributed by atoms with van der Waals surface area (Å²) in [6, 6.07) is 9.02. The molecule has 0 radical (unpaired) electrons. The van der Waals surface area contributed by atoms with E-state index in [0.717, 1.165) is 36.9 Å². The second kappa shape index (κ2) is 10.7. The van der Waals surface area contributed by atoms with Crippen LogP contribution in [0.2, 0.25) is 0 Å². The third kappa shape index (κ3) is 7.38. The largest absolute Gasteiger partial charge is 0.356 e. The predicted octanol–water partition coefficient (Wildman–Crippen LogP) is 2.77. The highest BCUT2D eigenvalue weighted by molar-refractivity contribution is 7.99. The summed E-state index contributed by atoms with van der Waals surface area (Å²) in [7, 11) is 0. The van der Waals surface area contributed by atoms with Gasteiger partial charge in [-0.15, -0.1) is 0 Å². The maximum absolute atomic E-state index is 12.4. The van der Waals surface area contributed by atoms with Gasteiger partial charge in [-0.1, -0.05) is 49.4 Å². The Morgan fingerprint density at radius 3 is 2.59 bits per heavy atom. The summed E-state index contributed by atoms with van der Waals surface area (Å²) in [6.07, 6.45) is 3.36. The summed E-state index contributed by atoms with van der Waals surface area (Å²) >= 11 is 1.24. The van der Waals surface area contributed by atoms with Crippen LogP contribution in [0.25, 0.3) is 0 Å². The van der Waals surface area contributed by atoms with Gasteiger partial charge in [0.05, 0.1) is 5.75 Å². The molecule has 1 aromatic heterocycles.